The van der Waals surface area contributed by atoms with Gasteiger partial charge in [-0.2, -0.15) is 5.10 Å². The standard InChI is InChI=1S/C21H34N6.HI/c1-4-22-21(23-13-8-16-27-17-9-14-25-27)24-15-12-19(2)26(3)18-20-10-6-5-7-11-20;/h5-7,9-11,14,17,19H,4,8,12-13,15-16,18H2,1-3H3,(H2,22,23,24);1H. The molecule has 1 atom stereocenters. The van der Waals surface area contributed by atoms with Crippen molar-refractivity contribution in [1.29, 1.82) is 0 Å². The molecular formula is C21H35IN6. The second kappa shape index (κ2) is 14.4. The molecule has 0 radical (unpaired) electrons. The molecule has 2 rings (SSSR count). The average Bonchev–Trinajstić information content (AvgIpc) is 3.19. The molecular weight excluding hydrogens is 463 g/mol. The molecule has 28 heavy (non-hydrogen) atoms. The van der Waals surface area contributed by atoms with Gasteiger partial charge in [0.15, 0.2) is 5.96 Å². The Morgan fingerprint density at radius 3 is 2.68 bits per heavy atom. The van der Waals surface area contributed by atoms with Crippen molar-refractivity contribution in [3.63, 3.8) is 0 Å². The van der Waals surface area contributed by atoms with E-state index in [-0.39, 0.29) is 24.0 Å². The second-order valence-corrected chi connectivity index (χ2v) is 6.85. The summed E-state index contributed by atoms with van der Waals surface area (Å²) in [6.45, 7) is 8.81. The zero-order chi connectivity index (χ0) is 19.3. The molecule has 1 aromatic carbocycles. The van der Waals surface area contributed by atoms with Crippen LogP contribution in [-0.4, -0.2) is 53.4 Å². The molecule has 1 unspecified atom stereocenters. The summed E-state index contributed by atoms with van der Waals surface area (Å²) in [5, 5.41) is 11.0. The number of halogens is 1. The van der Waals surface area contributed by atoms with Crippen molar-refractivity contribution >= 4 is 29.9 Å². The van der Waals surface area contributed by atoms with E-state index in [1.807, 2.05) is 23.1 Å². The van der Waals surface area contributed by atoms with Gasteiger partial charge in [0.1, 0.15) is 0 Å². The number of aromatic nitrogens is 2. The van der Waals surface area contributed by atoms with Gasteiger partial charge in [0.25, 0.3) is 0 Å². The lowest BCUT2D eigenvalue weighted by atomic mass is 10.1. The SMILES string of the molecule is CCNC(=NCCCn1cccn1)NCCC(C)N(C)Cc1ccccc1.I. The number of hydrogen-bond acceptors (Lipinski definition) is 3. The minimum atomic E-state index is 0. The first kappa shape index (κ1) is 24.4. The van der Waals surface area contributed by atoms with Gasteiger partial charge in [0.05, 0.1) is 0 Å². The van der Waals surface area contributed by atoms with Crippen molar-refractivity contribution < 1.29 is 0 Å². The third-order valence-corrected chi connectivity index (χ3v) is 4.60. The van der Waals surface area contributed by atoms with Crippen molar-refractivity contribution in [3.05, 3.63) is 54.4 Å². The lowest BCUT2D eigenvalue weighted by Crippen LogP contribution is -2.40. The van der Waals surface area contributed by atoms with Crippen LogP contribution >= 0.6 is 24.0 Å². The van der Waals surface area contributed by atoms with E-state index in [0.29, 0.717) is 6.04 Å². The summed E-state index contributed by atoms with van der Waals surface area (Å²) >= 11 is 0. The Bertz CT molecular complexity index is 644. The van der Waals surface area contributed by atoms with Crippen molar-refractivity contribution in [2.45, 2.75) is 45.8 Å². The van der Waals surface area contributed by atoms with E-state index in [9.17, 15) is 0 Å². The fourth-order valence-electron chi connectivity index (χ4n) is 2.85. The van der Waals surface area contributed by atoms with Crippen LogP contribution in [0.3, 0.4) is 0 Å². The second-order valence-electron chi connectivity index (χ2n) is 6.85. The number of aliphatic imine (C=N–C) groups is 1. The number of benzene rings is 1. The van der Waals surface area contributed by atoms with Crippen LogP contribution in [0.15, 0.2) is 53.8 Å². The van der Waals surface area contributed by atoms with Crippen molar-refractivity contribution in [2.24, 2.45) is 4.99 Å². The maximum atomic E-state index is 4.66. The molecule has 6 nitrogen and oxygen atoms in total. The van der Waals surface area contributed by atoms with E-state index in [0.717, 1.165) is 51.5 Å². The smallest absolute Gasteiger partial charge is 0.191 e. The number of nitrogens with zero attached hydrogens (tertiary/aromatic N) is 4. The van der Waals surface area contributed by atoms with Crippen molar-refractivity contribution in [3.8, 4) is 0 Å². The highest BCUT2D eigenvalue weighted by molar-refractivity contribution is 14.0. The first-order chi connectivity index (χ1) is 13.2. The highest BCUT2D eigenvalue weighted by Crippen LogP contribution is 2.07. The van der Waals surface area contributed by atoms with Crippen LogP contribution in [0.25, 0.3) is 0 Å². The molecule has 2 N–H and O–H groups in total. The van der Waals surface area contributed by atoms with Gasteiger partial charge in [-0.1, -0.05) is 30.3 Å². The monoisotopic (exact) mass is 498 g/mol. The summed E-state index contributed by atoms with van der Waals surface area (Å²) in [5.41, 5.74) is 1.35. The Morgan fingerprint density at radius 1 is 1.21 bits per heavy atom. The Labute approximate surface area is 186 Å². The molecule has 0 aliphatic carbocycles. The molecule has 2 aromatic rings. The van der Waals surface area contributed by atoms with Gasteiger partial charge in [-0.3, -0.25) is 14.6 Å². The molecule has 0 saturated carbocycles. The number of hydrogen-bond donors (Lipinski definition) is 2. The first-order valence-corrected chi connectivity index (χ1v) is 9.92. The molecule has 1 aromatic heterocycles. The van der Waals surface area contributed by atoms with Gasteiger partial charge in [0, 0.05) is 51.2 Å². The third kappa shape index (κ3) is 9.54. The largest absolute Gasteiger partial charge is 0.357 e. The number of nitrogens with one attached hydrogen (secondary N) is 2. The van der Waals surface area contributed by atoms with Gasteiger partial charge in [0.2, 0.25) is 0 Å². The lowest BCUT2D eigenvalue weighted by Gasteiger charge is -2.25. The maximum Gasteiger partial charge on any atom is 0.191 e. The van der Waals surface area contributed by atoms with Crippen LogP contribution in [0.2, 0.25) is 0 Å². The van der Waals surface area contributed by atoms with Crippen molar-refractivity contribution in [1.82, 2.24) is 25.3 Å². The van der Waals surface area contributed by atoms with E-state index < -0.39 is 0 Å². The minimum Gasteiger partial charge on any atom is -0.357 e. The molecule has 0 amide bonds. The molecule has 0 saturated heterocycles. The Hall–Kier alpha value is -1.61. The van der Waals surface area contributed by atoms with Crippen LogP contribution in [0.5, 0.6) is 0 Å². The molecule has 0 aliphatic heterocycles. The Morgan fingerprint density at radius 2 is 2.00 bits per heavy atom. The summed E-state index contributed by atoms with van der Waals surface area (Å²) in [6, 6.07) is 13.1. The summed E-state index contributed by atoms with van der Waals surface area (Å²) in [7, 11) is 2.19. The fraction of sp³-hybridized carbons (Fsp3) is 0.524. The topological polar surface area (TPSA) is 57.5 Å². The van der Waals surface area contributed by atoms with E-state index in [2.05, 4.69) is 76.9 Å². The molecule has 1 heterocycles. The molecule has 0 bridgehead atoms. The molecule has 156 valence electrons. The van der Waals surface area contributed by atoms with Gasteiger partial charge >= 0.3 is 0 Å². The maximum absolute atomic E-state index is 4.66. The van der Waals surface area contributed by atoms with Crippen LogP contribution in [0.4, 0.5) is 0 Å². The van der Waals surface area contributed by atoms with Crippen molar-refractivity contribution in [2.75, 3.05) is 26.7 Å². The summed E-state index contributed by atoms with van der Waals surface area (Å²) in [6.07, 6.45) is 5.85. The van der Waals surface area contributed by atoms with Crippen LogP contribution < -0.4 is 10.6 Å². The molecule has 7 heteroatoms. The Balaban J connectivity index is 0.00000392. The molecule has 0 spiro atoms. The summed E-state index contributed by atoms with van der Waals surface area (Å²) in [5.74, 6) is 0.899. The summed E-state index contributed by atoms with van der Waals surface area (Å²) < 4.78 is 1.94. The summed E-state index contributed by atoms with van der Waals surface area (Å²) in [4.78, 5) is 7.06. The van der Waals surface area contributed by atoms with E-state index in [1.54, 1.807) is 0 Å². The van der Waals surface area contributed by atoms with E-state index in [4.69, 9.17) is 0 Å². The molecule has 0 fully saturated rings. The normalized spacial score (nSPS) is 12.5. The highest BCUT2D eigenvalue weighted by atomic mass is 127. The predicted octanol–water partition coefficient (Wildman–Crippen LogP) is 3.36. The van der Waals surface area contributed by atoms with Crippen LogP contribution in [-0.2, 0) is 13.1 Å². The average molecular weight is 498 g/mol. The lowest BCUT2D eigenvalue weighted by molar-refractivity contribution is 0.238. The predicted molar refractivity (Wildman–Crippen MR) is 128 cm³/mol. The van der Waals surface area contributed by atoms with Gasteiger partial charge in [-0.25, -0.2) is 0 Å². The van der Waals surface area contributed by atoms with Gasteiger partial charge in [-0.15, -0.1) is 24.0 Å². The number of guanidine groups is 1. The van der Waals surface area contributed by atoms with Gasteiger partial charge in [-0.05, 0) is 45.4 Å². The van der Waals surface area contributed by atoms with Gasteiger partial charge < -0.3 is 10.6 Å². The molecule has 0 aliphatic rings. The number of rotatable bonds is 11. The third-order valence-electron chi connectivity index (χ3n) is 4.60. The van der Waals surface area contributed by atoms with Crippen LogP contribution in [0, 0.1) is 0 Å². The quantitative estimate of drug-likeness (QED) is 0.216. The first-order valence-electron chi connectivity index (χ1n) is 9.92. The highest BCUT2D eigenvalue weighted by Gasteiger charge is 2.09. The zero-order valence-electron chi connectivity index (χ0n) is 17.3. The van der Waals surface area contributed by atoms with E-state index in [1.165, 1.54) is 5.56 Å². The van der Waals surface area contributed by atoms with Crippen LogP contribution in [0.1, 0.15) is 32.3 Å². The zero-order valence-corrected chi connectivity index (χ0v) is 19.7. The Kier molecular flexibility index (Phi) is 12.6. The fourth-order valence-corrected chi connectivity index (χ4v) is 2.85. The number of aryl methyl sites for hydroxylation is 1. The minimum absolute atomic E-state index is 0. The van der Waals surface area contributed by atoms with E-state index >= 15 is 0 Å².